The van der Waals surface area contributed by atoms with Crippen LogP contribution in [-0.2, 0) is 6.42 Å². The van der Waals surface area contributed by atoms with E-state index in [0.29, 0.717) is 6.42 Å². The molecule has 0 saturated carbocycles. The van der Waals surface area contributed by atoms with Crippen molar-refractivity contribution in [3.8, 4) is 5.75 Å². The van der Waals surface area contributed by atoms with E-state index in [9.17, 15) is 0 Å². The van der Waals surface area contributed by atoms with E-state index in [2.05, 4.69) is 18.3 Å². The van der Waals surface area contributed by atoms with Crippen molar-refractivity contribution in [2.45, 2.75) is 19.4 Å². The van der Waals surface area contributed by atoms with Crippen LogP contribution in [-0.4, -0.2) is 18.8 Å². The summed E-state index contributed by atoms with van der Waals surface area (Å²) >= 11 is 0. The van der Waals surface area contributed by atoms with Gasteiger partial charge in [0.1, 0.15) is 5.75 Å². The van der Waals surface area contributed by atoms with Crippen molar-refractivity contribution in [3.05, 3.63) is 59.7 Å². The molecule has 20 heavy (non-hydrogen) atoms. The number of anilines is 1. The summed E-state index contributed by atoms with van der Waals surface area (Å²) in [5.41, 5.74) is 3.40. The Hall–Kier alpha value is -2.00. The Bertz CT molecular complexity index is 537. The molecule has 0 saturated heterocycles. The van der Waals surface area contributed by atoms with Crippen LogP contribution >= 0.6 is 0 Å². The van der Waals surface area contributed by atoms with Gasteiger partial charge >= 0.3 is 0 Å². The molecule has 0 aliphatic carbocycles. The number of aliphatic hydroxyl groups is 1. The van der Waals surface area contributed by atoms with Crippen LogP contribution in [0.3, 0.4) is 0 Å². The first-order valence-electron chi connectivity index (χ1n) is 6.83. The van der Waals surface area contributed by atoms with Crippen LogP contribution in [0.15, 0.2) is 48.5 Å². The maximum atomic E-state index is 8.90. The van der Waals surface area contributed by atoms with Gasteiger partial charge in [-0.2, -0.15) is 0 Å². The smallest absolute Gasteiger partial charge is 0.119 e. The molecule has 0 aliphatic rings. The number of hydrogen-bond acceptors (Lipinski definition) is 3. The van der Waals surface area contributed by atoms with Crippen molar-refractivity contribution in [3.63, 3.8) is 0 Å². The van der Waals surface area contributed by atoms with E-state index < -0.39 is 0 Å². The van der Waals surface area contributed by atoms with E-state index in [-0.39, 0.29) is 12.6 Å². The SMILES string of the molecule is COc1cccc(C(C)Nc2ccc(CCO)cc2)c1. The average molecular weight is 271 g/mol. The number of aliphatic hydroxyl groups excluding tert-OH is 1. The molecular formula is C17H21NO2. The van der Waals surface area contributed by atoms with Crippen LogP contribution in [0.5, 0.6) is 5.75 Å². The first kappa shape index (κ1) is 14.4. The first-order chi connectivity index (χ1) is 9.72. The third kappa shape index (κ3) is 3.75. The highest BCUT2D eigenvalue weighted by molar-refractivity contribution is 5.47. The van der Waals surface area contributed by atoms with Crippen LogP contribution in [0, 0.1) is 0 Å². The summed E-state index contributed by atoms with van der Waals surface area (Å²) < 4.78 is 5.25. The van der Waals surface area contributed by atoms with Gasteiger partial charge in [-0.15, -0.1) is 0 Å². The molecule has 2 rings (SSSR count). The zero-order valence-electron chi connectivity index (χ0n) is 12.0. The topological polar surface area (TPSA) is 41.5 Å². The molecule has 106 valence electrons. The van der Waals surface area contributed by atoms with Gasteiger partial charge in [0.15, 0.2) is 0 Å². The van der Waals surface area contributed by atoms with Crippen molar-refractivity contribution in [1.29, 1.82) is 0 Å². The van der Waals surface area contributed by atoms with Crippen LogP contribution < -0.4 is 10.1 Å². The van der Waals surface area contributed by atoms with Gasteiger partial charge in [-0.05, 0) is 48.7 Å². The summed E-state index contributed by atoms with van der Waals surface area (Å²) in [6.07, 6.45) is 0.700. The number of methoxy groups -OCH3 is 1. The van der Waals surface area contributed by atoms with E-state index in [1.165, 1.54) is 5.56 Å². The normalized spacial score (nSPS) is 11.9. The van der Waals surface area contributed by atoms with Crippen molar-refractivity contribution in [2.75, 3.05) is 19.0 Å². The number of ether oxygens (including phenoxy) is 1. The number of hydrogen-bond donors (Lipinski definition) is 2. The second-order valence-electron chi connectivity index (χ2n) is 4.81. The largest absolute Gasteiger partial charge is 0.497 e. The van der Waals surface area contributed by atoms with Gasteiger partial charge in [0.25, 0.3) is 0 Å². The van der Waals surface area contributed by atoms with Gasteiger partial charge in [-0.25, -0.2) is 0 Å². The number of benzene rings is 2. The monoisotopic (exact) mass is 271 g/mol. The van der Waals surface area contributed by atoms with Gasteiger partial charge in [0, 0.05) is 18.3 Å². The van der Waals surface area contributed by atoms with Crippen LogP contribution in [0.25, 0.3) is 0 Å². The molecule has 0 bridgehead atoms. The summed E-state index contributed by atoms with van der Waals surface area (Å²) in [5.74, 6) is 0.870. The summed E-state index contributed by atoms with van der Waals surface area (Å²) in [7, 11) is 1.68. The Labute approximate surface area is 120 Å². The summed E-state index contributed by atoms with van der Waals surface area (Å²) in [6.45, 7) is 2.31. The molecule has 0 aromatic heterocycles. The average Bonchev–Trinajstić information content (AvgIpc) is 2.49. The fraction of sp³-hybridized carbons (Fsp3) is 0.294. The Morgan fingerprint density at radius 2 is 1.90 bits per heavy atom. The van der Waals surface area contributed by atoms with Gasteiger partial charge < -0.3 is 15.2 Å². The molecule has 0 heterocycles. The predicted octanol–water partition coefficient (Wildman–Crippen LogP) is 3.40. The molecular weight excluding hydrogens is 250 g/mol. The van der Waals surface area contributed by atoms with E-state index in [0.717, 1.165) is 17.0 Å². The molecule has 0 aliphatic heterocycles. The Morgan fingerprint density at radius 1 is 1.15 bits per heavy atom. The predicted molar refractivity (Wildman–Crippen MR) is 82.3 cm³/mol. The molecule has 2 N–H and O–H groups in total. The Morgan fingerprint density at radius 3 is 2.55 bits per heavy atom. The molecule has 0 radical (unpaired) electrons. The molecule has 0 amide bonds. The van der Waals surface area contributed by atoms with E-state index in [1.54, 1.807) is 7.11 Å². The Balaban J connectivity index is 2.04. The highest BCUT2D eigenvalue weighted by Crippen LogP contribution is 2.22. The quantitative estimate of drug-likeness (QED) is 0.846. The zero-order valence-corrected chi connectivity index (χ0v) is 12.0. The molecule has 1 atom stereocenters. The van der Waals surface area contributed by atoms with E-state index >= 15 is 0 Å². The molecule has 1 unspecified atom stereocenters. The molecule has 0 spiro atoms. The number of rotatable bonds is 6. The minimum absolute atomic E-state index is 0.187. The van der Waals surface area contributed by atoms with Gasteiger partial charge in [-0.3, -0.25) is 0 Å². The second kappa shape index (κ2) is 6.96. The summed E-state index contributed by atoms with van der Waals surface area (Å²) in [5, 5.41) is 12.4. The standard InChI is InChI=1S/C17H21NO2/c1-13(15-4-3-5-17(12-15)20-2)18-16-8-6-14(7-9-16)10-11-19/h3-9,12-13,18-19H,10-11H2,1-2H3. The lowest BCUT2D eigenvalue weighted by molar-refractivity contribution is 0.299. The third-order valence-corrected chi connectivity index (χ3v) is 3.33. The second-order valence-corrected chi connectivity index (χ2v) is 4.81. The van der Waals surface area contributed by atoms with Crippen molar-refractivity contribution in [2.24, 2.45) is 0 Å². The first-order valence-corrected chi connectivity index (χ1v) is 6.83. The molecule has 2 aromatic rings. The van der Waals surface area contributed by atoms with Crippen LogP contribution in [0.2, 0.25) is 0 Å². The minimum Gasteiger partial charge on any atom is -0.497 e. The lowest BCUT2D eigenvalue weighted by atomic mass is 10.1. The van der Waals surface area contributed by atoms with Gasteiger partial charge in [0.2, 0.25) is 0 Å². The maximum absolute atomic E-state index is 8.90. The van der Waals surface area contributed by atoms with E-state index in [4.69, 9.17) is 9.84 Å². The van der Waals surface area contributed by atoms with Gasteiger partial charge in [0.05, 0.1) is 7.11 Å². The molecule has 0 fully saturated rings. The maximum Gasteiger partial charge on any atom is 0.119 e. The van der Waals surface area contributed by atoms with Crippen molar-refractivity contribution >= 4 is 5.69 Å². The van der Waals surface area contributed by atoms with Crippen LogP contribution in [0.4, 0.5) is 5.69 Å². The van der Waals surface area contributed by atoms with Crippen molar-refractivity contribution in [1.82, 2.24) is 0 Å². The molecule has 3 nitrogen and oxygen atoms in total. The fourth-order valence-corrected chi connectivity index (χ4v) is 2.14. The molecule has 3 heteroatoms. The highest BCUT2D eigenvalue weighted by Gasteiger charge is 2.06. The summed E-state index contributed by atoms with van der Waals surface area (Å²) in [4.78, 5) is 0. The van der Waals surface area contributed by atoms with Gasteiger partial charge in [-0.1, -0.05) is 24.3 Å². The highest BCUT2D eigenvalue weighted by atomic mass is 16.5. The van der Waals surface area contributed by atoms with Crippen molar-refractivity contribution < 1.29 is 9.84 Å². The lowest BCUT2D eigenvalue weighted by Crippen LogP contribution is -2.06. The molecule has 2 aromatic carbocycles. The fourth-order valence-electron chi connectivity index (χ4n) is 2.14. The lowest BCUT2D eigenvalue weighted by Gasteiger charge is -2.16. The van der Waals surface area contributed by atoms with Crippen LogP contribution in [0.1, 0.15) is 24.1 Å². The zero-order chi connectivity index (χ0) is 14.4. The number of nitrogens with one attached hydrogen (secondary N) is 1. The third-order valence-electron chi connectivity index (χ3n) is 3.33. The Kier molecular flexibility index (Phi) is 5.02. The summed E-state index contributed by atoms with van der Waals surface area (Å²) in [6, 6.07) is 16.4. The minimum atomic E-state index is 0.187. The van der Waals surface area contributed by atoms with E-state index in [1.807, 2.05) is 42.5 Å².